The lowest BCUT2D eigenvalue weighted by Crippen LogP contribution is -2.36. The maximum absolute atomic E-state index is 11.7. The molecule has 1 amide bonds. The first-order chi connectivity index (χ1) is 10.1. The highest BCUT2D eigenvalue weighted by atomic mass is 16.2. The van der Waals surface area contributed by atoms with Crippen LogP contribution in [0.1, 0.15) is 16.7 Å². The molecule has 0 spiro atoms. The summed E-state index contributed by atoms with van der Waals surface area (Å²) in [6.07, 6.45) is 0. The van der Waals surface area contributed by atoms with Gasteiger partial charge in [-0.3, -0.25) is 9.69 Å². The molecule has 4 heteroatoms. The molecule has 4 nitrogen and oxygen atoms in total. The minimum absolute atomic E-state index is 0.102. The Morgan fingerprint density at radius 2 is 1.86 bits per heavy atom. The fourth-order valence-corrected chi connectivity index (χ4v) is 3.82. The van der Waals surface area contributed by atoms with Crippen molar-refractivity contribution >= 4 is 5.91 Å². The van der Waals surface area contributed by atoms with Crippen molar-refractivity contribution in [2.75, 3.05) is 32.7 Å². The number of amides is 1. The van der Waals surface area contributed by atoms with Crippen LogP contribution in [-0.2, 0) is 11.3 Å². The lowest BCUT2D eigenvalue weighted by Gasteiger charge is -2.22. The van der Waals surface area contributed by atoms with E-state index in [-0.39, 0.29) is 12.5 Å². The lowest BCUT2D eigenvalue weighted by atomic mass is 10.0. The predicted molar refractivity (Wildman–Crippen MR) is 83.8 cm³/mol. The zero-order valence-electron chi connectivity index (χ0n) is 13.0. The van der Waals surface area contributed by atoms with E-state index >= 15 is 0 Å². The Morgan fingerprint density at radius 1 is 1.19 bits per heavy atom. The molecule has 2 aliphatic rings. The van der Waals surface area contributed by atoms with E-state index in [1.165, 1.54) is 16.7 Å². The second-order valence-corrected chi connectivity index (χ2v) is 6.65. The third kappa shape index (κ3) is 2.97. The third-order valence-electron chi connectivity index (χ3n) is 4.98. The Morgan fingerprint density at radius 3 is 2.43 bits per heavy atom. The van der Waals surface area contributed by atoms with Crippen molar-refractivity contribution in [1.82, 2.24) is 9.80 Å². The topological polar surface area (TPSA) is 49.6 Å². The second kappa shape index (κ2) is 5.78. The fourth-order valence-electron chi connectivity index (χ4n) is 3.82. The first kappa shape index (κ1) is 14.5. The Labute approximate surface area is 126 Å². The van der Waals surface area contributed by atoms with Crippen molar-refractivity contribution < 1.29 is 4.79 Å². The van der Waals surface area contributed by atoms with E-state index in [1.54, 1.807) is 0 Å². The zero-order valence-corrected chi connectivity index (χ0v) is 13.0. The van der Waals surface area contributed by atoms with E-state index < -0.39 is 0 Å². The molecule has 114 valence electrons. The summed E-state index contributed by atoms with van der Waals surface area (Å²) in [7, 11) is 0. The number of nitrogens with zero attached hydrogens (tertiary/aromatic N) is 2. The van der Waals surface area contributed by atoms with E-state index in [1.807, 2.05) is 4.90 Å². The van der Waals surface area contributed by atoms with Crippen molar-refractivity contribution in [1.29, 1.82) is 0 Å². The molecular weight excluding hydrogens is 262 g/mol. The molecule has 2 saturated heterocycles. The molecule has 3 rings (SSSR count). The van der Waals surface area contributed by atoms with Crippen LogP contribution in [0.15, 0.2) is 18.2 Å². The number of carbonyl (C=O) groups excluding carboxylic acids is 1. The molecule has 2 aliphatic heterocycles. The standard InChI is InChI=1S/C17H25N3O/c1-12-3-4-14(13(2)5-12)7-19-8-15-10-20(17(21)6-18)11-16(15)9-19/h3-5,15-16H,6-11,18H2,1-2H3. The van der Waals surface area contributed by atoms with Crippen LogP contribution in [0, 0.1) is 25.7 Å². The van der Waals surface area contributed by atoms with Gasteiger partial charge in [0.2, 0.25) is 5.91 Å². The molecule has 2 unspecified atom stereocenters. The van der Waals surface area contributed by atoms with Crippen LogP contribution in [0.2, 0.25) is 0 Å². The second-order valence-electron chi connectivity index (χ2n) is 6.65. The van der Waals surface area contributed by atoms with Crippen LogP contribution in [-0.4, -0.2) is 48.4 Å². The molecule has 0 aromatic heterocycles. The van der Waals surface area contributed by atoms with Gasteiger partial charge in [0.05, 0.1) is 6.54 Å². The van der Waals surface area contributed by atoms with Crippen LogP contribution in [0.4, 0.5) is 0 Å². The summed E-state index contributed by atoms with van der Waals surface area (Å²) in [4.78, 5) is 16.2. The third-order valence-corrected chi connectivity index (χ3v) is 4.98. The molecule has 2 fully saturated rings. The maximum atomic E-state index is 11.7. The lowest BCUT2D eigenvalue weighted by molar-refractivity contribution is -0.129. The molecule has 0 radical (unpaired) electrons. The Bertz CT molecular complexity index is 529. The molecule has 2 N–H and O–H groups in total. The summed E-state index contributed by atoms with van der Waals surface area (Å²) in [6, 6.07) is 6.71. The monoisotopic (exact) mass is 287 g/mol. The van der Waals surface area contributed by atoms with Gasteiger partial charge in [0.25, 0.3) is 0 Å². The Kier molecular flexibility index (Phi) is 4.00. The SMILES string of the molecule is Cc1ccc(CN2CC3CN(C(=O)CN)CC3C2)c(C)c1. The summed E-state index contributed by atoms with van der Waals surface area (Å²) in [5, 5.41) is 0. The number of fused-ring (bicyclic) bond motifs is 1. The number of hydrogen-bond acceptors (Lipinski definition) is 3. The molecule has 0 aliphatic carbocycles. The minimum Gasteiger partial charge on any atom is -0.341 e. The van der Waals surface area contributed by atoms with Gasteiger partial charge in [-0.05, 0) is 36.8 Å². The zero-order chi connectivity index (χ0) is 15.0. The van der Waals surface area contributed by atoms with Gasteiger partial charge in [-0.1, -0.05) is 23.8 Å². The normalized spacial score (nSPS) is 25.4. The minimum atomic E-state index is 0.102. The number of benzene rings is 1. The van der Waals surface area contributed by atoms with E-state index in [9.17, 15) is 4.79 Å². The summed E-state index contributed by atoms with van der Waals surface area (Å²) in [5.74, 6) is 1.36. The van der Waals surface area contributed by atoms with Crippen LogP contribution >= 0.6 is 0 Å². The smallest absolute Gasteiger partial charge is 0.236 e. The molecular formula is C17H25N3O. The maximum Gasteiger partial charge on any atom is 0.236 e. The summed E-state index contributed by atoms with van der Waals surface area (Å²) >= 11 is 0. The van der Waals surface area contributed by atoms with Crippen LogP contribution in [0.25, 0.3) is 0 Å². The van der Waals surface area contributed by atoms with Gasteiger partial charge in [0, 0.05) is 32.7 Å². The Balaban J connectivity index is 1.59. The molecule has 0 bridgehead atoms. The molecule has 2 atom stereocenters. The quantitative estimate of drug-likeness (QED) is 0.907. The number of rotatable bonds is 3. The van der Waals surface area contributed by atoms with E-state index in [0.29, 0.717) is 11.8 Å². The summed E-state index contributed by atoms with van der Waals surface area (Å²) in [5.41, 5.74) is 9.59. The largest absolute Gasteiger partial charge is 0.341 e. The molecule has 2 heterocycles. The van der Waals surface area contributed by atoms with Crippen molar-refractivity contribution in [3.05, 3.63) is 34.9 Å². The first-order valence-electron chi connectivity index (χ1n) is 7.83. The van der Waals surface area contributed by atoms with E-state index in [0.717, 1.165) is 32.7 Å². The van der Waals surface area contributed by atoms with Gasteiger partial charge < -0.3 is 10.6 Å². The number of aryl methyl sites for hydroxylation is 2. The van der Waals surface area contributed by atoms with Gasteiger partial charge in [-0.25, -0.2) is 0 Å². The number of nitrogens with two attached hydrogens (primary N) is 1. The molecule has 21 heavy (non-hydrogen) atoms. The fraction of sp³-hybridized carbons (Fsp3) is 0.588. The van der Waals surface area contributed by atoms with Crippen LogP contribution in [0.5, 0.6) is 0 Å². The first-order valence-corrected chi connectivity index (χ1v) is 7.83. The van der Waals surface area contributed by atoms with Crippen LogP contribution < -0.4 is 5.73 Å². The molecule has 0 saturated carbocycles. The van der Waals surface area contributed by atoms with E-state index in [4.69, 9.17) is 5.73 Å². The summed E-state index contributed by atoms with van der Waals surface area (Å²) in [6.45, 7) is 9.50. The highest BCUT2D eigenvalue weighted by Crippen LogP contribution is 2.32. The number of hydrogen-bond donors (Lipinski definition) is 1. The highest BCUT2D eigenvalue weighted by molar-refractivity contribution is 5.78. The molecule has 1 aromatic carbocycles. The van der Waals surface area contributed by atoms with E-state index in [2.05, 4.69) is 36.9 Å². The van der Waals surface area contributed by atoms with Crippen LogP contribution in [0.3, 0.4) is 0 Å². The average Bonchev–Trinajstić information content (AvgIpc) is 2.99. The average molecular weight is 287 g/mol. The number of likely N-dealkylation sites (tertiary alicyclic amines) is 2. The molecule has 1 aromatic rings. The van der Waals surface area contributed by atoms with Gasteiger partial charge in [-0.2, -0.15) is 0 Å². The van der Waals surface area contributed by atoms with Gasteiger partial charge in [0.1, 0.15) is 0 Å². The van der Waals surface area contributed by atoms with Crippen molar-refractivity contribution in [3.8, 4) is 0 Å². The van der Waals surface area contributed by atoms with Crippen molar-refractivity contribution in [2.45, 2.75) is 20.4 Å². The predicted octanol–water partition coefficient (Wildman–Crippen LogP) is 1.15. The Hall–Kier alpha value is -1.39. The highest BCUT2D eigenvalue weighted by Gasteiger charge is 2.41. The van der Waals surface area contributed by atoms with Gasteiger partial charge >= 0.3 is 0 Å². The van der Waals surface area contributed by atoms with Gasteiger partial charge in [0.15, 0.2) is 0 Å². The van der Waals surface area contributed by atoms with Crippen molar-refractivity contribution in [2.24, 2.45) is 17.6 Å². The number of carbonyl (C=O) groups is 1. The summed E-state index contributed by atoms with van der Waals surface area (Å²) < 4.78 is 0. The van der Waals surface area contributed by atoms with Crippen molar-refractivity contribution in [3.63, 3.8) is 0 Å². The van der Waals surface area contributed by atoms with Gasteiger partial charge in [-0.15, -0.1) is 0 Å².